The van der Waals surface area contributed by atoms with Gasteiger partial charge in [0.25, 0.3) is 5.91 Å². The number of carbonyl (C=O) groups excluding carboxylic acids is 1. The first-order chi connectivity index (χ1) is 12.6. The summed E-state index contributed by atoms with van der Waals surface area (Å²) in [6.07, 6.45) is 0.0798. The van der Waals surface area contributed by atoms with E-state index in [9.17, 15) is 4.79 Å². The number of nitrogens with zero attached hydrogens (tertiary/aromatic N) is 1. The van der Waals surface area contributed by atoms with E-state index in [1.807, 2.05) is 49.1 Å². The van der Waals surface area contributed by atoms with Crippen LogP contribution >= 0.6 is 0 Å². The minimum Gasteiger partial charge on any atom is -0.493 e. The van der Waals surface area contributed by atoms with Crippen molar-refractivity contribution in [3.8, 4) is 11.5 Å². The largest absolute Gasteiger partial charge is 0.493 e. The first kappa shape index (κ1) is 18.3. The van der Waals surface area contributed by atoms with Gasteiger partial charge in [-0.15, -0.1) is 0 Å². The minimum absolute atomic E-state index is 0.0140. The van der Waals surface area contributed by atoms with Crippen LogP contribution in [0.1, 0.15) is 29.8 Å². The van der Waals surface area contributed by atoms with Crippen LogP contribution < -0.4 is 9.47 Å². The van der Waals surface area contributed by atoms with E-state index in [2.05, 4.69) is 0 Å². The summed E-state index contributed by atoms with van der Waals surface area (Å²) in [5, 5.41) is 0. The Kier molecular flexibility index (Phi) is 5.78. The van der Waals surface area contributed by atoms with Crippen LogP contribution in [0.4, 0.5) is 0 Å². The summed E-state index contributed by atoms with van der Waals surface area (Å²) in [5.41, 5.74) is 1.67. The highest BCUT2D eigenvalue weighted by atomic mass is 16.5. The maximum Gasteiger partial charge on any atom is 0.254 e. The fraction of sp³-hybridized carbons (Fsp3) is 0.381. The molecule has 1 aliphatic heterocycles. The molecule has 1 saturated heterocycles. The molecule has 1 aliphatic rings. The lowest BCUT2D eigenvalue weighted by molar-refractivity contribution is -0.0586. The summed E-state index contributed by atoms with van der Waals surface area (Å²) in [5.74, 6) is 1.16. The highest BCUT2D eigenvalue weighted by Crippen LogP contribution is 2.29. The summed E-state index contributed by atoms with van der Waals surface area (Å²) in [6.45, 7) is 5.60. The quantitative estimate of drug-likeness (QED) is 0.823. The van der Waals surface area contributed by atoms with E-state index < -0.39 is 0 Å². The molecule has 1 fully saturated rings. The first-order valence-electron chi connectivity index (χ1n) is 8.86. The van der Waals surface area contributed by atoms with E-state index in [-0.39, 0.29) is 18.1 Å². The molecule has 2 unspecified atom stereocenters. The van der Waals surface area contributed by atoms with E-state index >= 15 is 0 Å². The number of ether oxygens (including phenoxy) is 3. The van der Waals surface area contributed by atoms with Gasteiger partial charge in [-0.2, -0.15) is 0 Å². The molecule has 138 valence electrons. The Morgan fingerprint density at radius 3 is 2.42 bits per heavy atom. The third kappa shape index (κ3) is 4.35. The molecule has 0 radical (unpaired) electrons. The second kappa shape index (κ2) is 8.23. The summed E-state index contributed by atoms with van der Waals surface area (Å²) in [7, 11) is 1.58. The van der Waals surface area contributed by atoms with Crippen LogP contribution in [0.3, 0.4) is 0 Å². The van der Waals surface area contributed by atoms with E-state index in [0.29, 0.717) is 36.8 Å². The maximum absolute atomic E-state index is 12.8. The molecular formula is C21H25NO4. The number of carbonyl (C=O) groups is 1. The summed E-state index contributed by atoms with van der Waals surface area (Å²) >= 11 is 0. The Morgan fingerprint density at radius 1 is 1.08 bits per heavy atom. The van der Waals surface area contributed by atoms with Crippen molar-refractivity contribution in [2.24, 2.45) is 0 Å². The third-order valence-corrected chi connectivity index (χ3v) is 4.35. The van der Waals surface area contributed by atoms with E-state index in [1.165, 1.54) is 0 Å². The molecule has 0 N–H and O–H groups in total. The molecule has 2 aromatic carbocycles. The van der Waals surface area contributed by atoms with Gasteiger partial charge in [0.15, 0.2) is 11.5 Å². The van der Waals surface area contributed by atoms with Crippen LogP contribution in [-0.4, -0.2) is 43.2 Å². The minimum atomic E-state index is -0.0140. The van der Waals surface area contributed by atoms with Crippen LogP contribution in [0.15, 0.2) is 48.5 Å². The fourth-order valence-electron chi connectivity index (χ4n) is 3.18. The average Bonchev–Trinajstić information content (AvgIpc) is 2.65. The lowest BCUT2D eigenvalue weighted by atomic mass is 10.1. The predicted molar refractivity (Wildman–Crippen MR) is 99.7 cm³/mol. The third-order valence-electron chi connectivity index (χ3n) is 4.35. The van der Waals surface area contributed by atoms with E-state index in [1.54, 1.807) is 25.3 Å². The number of hydrogen-bond donors (Lipinski definition) is 0. The maximum atomic E-state index is 12.8. The van der Waals surface area contributed by atoms with Crippen molar-refractivity contribution in [3.63, 3.8) is 0 Å². The number of rotatable bonds is 5. The molecule has 1 amide bonds. The highest BCUT2D eigenvalue weighted by molar-refractivity contribution is 5.95. The number of methoxy groups -OCH3 is 1. The van der Waals surface area contributed by atoms with Gasteiger partial charge in [0.2, 0.25) is 0 Å². The molecule has 1 heterocycles. The molecule has 3 rings (SSSR count). The lowest BCUT2D eigenvalue weighted by Gasteiger charge is -2.35. The normalized spacial score (nSPS) is 19.9. The van der Waals surface area contributed by atoms with Gasteiger partial charge in [0.1, 0.15) is 6.61 Å². The van der Waals surface area contributed by atoms with Gasteiger partial charge in [-0.1, -0.05) is 30.3 Å². The Labute approximate surface area is 154 Å². The van der Waals surface area contributed by atoms with E-state index in [0.717, 1.165) is 5.56 Å². The zero-order valence-corrected chi connectivity index (χ0v) is 15.5. The van der Waals surface area contributed by atoms with Crippen molar-refractivity contribution in [3.05, 3.63) is 59.7 Å². The van der Waals surface area contributed by atoms with Crippen molar-refractivity contribution in [1.29, 1.82) is 0 Å². The molecule has 0 aliphatic carbocycles. The zero-order chi connectivity index (χ0) is 18.5. The molecule has 0 bridgehead atoms. The standard InChI is InChI=1S/C21H25NO4/c1-15-12-22(13-16(2)26-15)21(23)18-9-10-19(20(11-18)24-3)25-14-17-7-5-4-6-8-17/h4-11,15-16H,12-14H2,1-3H3. The first-order valence-corrected chi connectivity index (χ1v) is 8.86. The van der Waals surface area contributed by atoms with Crippen LogP contribution in [0.5, 0.6) is 11.5 Å². The number of hydrogen-bond acceptors (Lipinski definition) is 4. The molecule has 0 aromatic heterocycles. The zero-order valence-electron chi connectivity index (χ0n) is 15.5. The molecule has 2 aromatic rings. The van der Waals surface area contributed by atoms with Gasteiger partial charge in [0.05, 0.1) is 19.3 Å². The SMILES string of the molecule is COc1cc(C(=O)N2CC(C)OC(C)C2)ccc1OCc1ccccc1. The molecular weight excluding hydrogens is 330 g/mol. The summed E-state index contributed by atoms with van der Waals surface area (Å²) < 4.78 is 17.0. The Morgan fingerprint density at radius 2 is 1.77 bits per heavy atom. The Bertz CT molecular complexity index is 737. The molecule has 5 heteroatoms. The second-order valence-electron chi connectivity index (χ2n) is 6.61. The van der Waals surface area contributed by atoms with Crippen LogP contribution in [-0.2, 0) is 11.3 Å². The number of amides is 1. The molecule has 5 nitrogen and oxygen atoms in total. The van der Waals surface area contributed by atoms with Gasteiger partial charge in [0, 0.05) is 18.7 Å². The van der Waals surface area contributed by atoms with Gasteiger partial charge < -0.3 is 19.1 Å². The lowest BCUT2D eigenvalue weighted by Crippen LogP contribution is -2.48. The second-order valence-corrected chi connectivity index (χ2v) is 6.61. The summed E-state index contributed by atoms with van der Waals surface area (Å²) in [6, 6.07) is 15.3. The van der Waals surface area contributed by atoms with Crippen molar-refractivity contribution < 1.29 is 19.0 Å². The highest BCUT2D eigenvalue weighted by Gasteiger charge is 2.27. The molecule has 0 spiro atoms. The van der Waals surface area contributed by atoms with Crippen LogP contribution in [0.25, 0.3) is 0 Å². The van der Waals surface area contributed by atoms with Crippen LogP contribution in [0, 0.1) is 0 Å². The van der Waals surface area contributed by atoms with Crippen molar-refractivity contribution in [2.45, 2.75) is 32.7 Å². The number of morpholine rings is 1. The molecule has 26 heavy (non-hydrogen) atoms. The van der Waals surface area contributed by atoms with E-state index in [4.69, 9.17) is 14.2 Å². The monoisotopic (exact) mass is 355 g/mol. The molecule has 2 atom stereocenters. The van der Waals surface area contributed by atoms with Gasteiger partial charge in [-0.25, -0.2) is 0 Å². The van der Waals surface area contributed by atoms with Crippen molar-refractivity contribution >= 4 is 5.91 Å². The van der Waals surface area contributed by atoms with Crippen molar-refractivity contribution in [1.82, 2.24) is 4.90 Å². The Hall–Kier alpha value is -2.53. The Balaban J connectivity index is 1.72. The number of benzene rings is 2. The van der Waals surface area contributed by atoms with Crippen molar-refractivity contribution in [2.75, 3.05) is 20.2 Å². The average molecular weight is 355 g/mol. The topological polar surface area (TPSA) is 48.0 Å². The van der Waals surface area contributed by atoms with Crippen LogP contribution in [0.2, 0.25) is 0 Å². The molecule has 0 saturated carbocycles. The smallest absolute Gasteiger partial charge is 0.254 e. The fourth-order valence-corrected chi connectivity index (χ4v) is 3.18. The van der Waals surface area contributed by atoms with Gasteiger partial charge in [-0.05, 0) is 37.6 Å². The predicted octanol–water partition coefficient (Wildman–Crippen LogP) is 3.52. The van der Waals surface area contributed by atoms with Gasteiger partial charge >= 0.3 is 0 Å². The van der Waals surface area contributed by atoms with Gasteiger partial charge in [-0.3, -0.25) is 4.79 Å². The summed E-state index contributed by atoms with van der Waals surface area (Å²) in [4.78, 5) is 14.7.